The number of hydrogen-bond acceptors (Lipinski definition) is 4. The Morgan fingerprint density at radius 2 is 1.60 bits per heavy atom. The molecule has 42 heavy (non-hydrogen) atoms. The van der Waals surface area contributed by atoms with Crippen LogP contribution in [0.5, 0.6) is 0 Å². The second-order valence-corrected chi connectivity index (χ2v) is 17.0. The van der Waals surface area contributed by atoms with Crippen LogP contribution in [0.4, 0.5) is 0 Å². The minimum atomic E-state index is -0.604. The fourth-order valence-electron chi connectivity index (χ4n) is 10.6. The Hall–Kier alpha value is -2.01. The smallest absolute Gasteiger partial charge is 0.312 e. The number of benzene rings is 1. The molecule has 5 aliphatic carbocycles. The van der Waals surface area contributed by atoms with Gasteiger partial charge in [-0.05, 0) is 108 Å². The summed E-state index contributed by atoms with van der Waals surface area (Å²) in [5.74, 6) is 0.398. The molecule has 0 aliphatic heterocycles. The van der Waals surface area contributed by atoms with E-state index in [4.69, 9.17) is 4.74 Å². The fourth-order valence-corrected chi connectivity index (χ4v) is 11.6. The van der Waals surface area contributed by atoms with Crippen LogP contribution in [0.3, 0.4) is 0 Å². The standard InChI is InChI=1S/C37H47BrO4/c1-32(2)27-13-14-36(6)28(35(27,5)21-25(38)30(32)40)19-26(39)29-24-20-34(4,16-15-33(24,3)17-18-37(29,36)7)31(41)42-22-23-11-9-8-10-12-23/h8-12,19,21,24,27,29H,13-18,20,22H2,1-7H3/t24-,27-,29-,33+,34-,35-,36+,37+/m0/s1. The molecule has 0 heterocycles. The molecule has 3 saturated carbocycles. The van der Waals surface area contributed by atoms with Crippen LogP contribution in [0.15, 0.2) is 52.5 Å². The van der Waals surface area contributed by atoms with Crippen molar-refractivity contribution in [1.29, 1.82) is 0 Å². The maximum Gasteiger partial charge on any atom is 0.312 e. The molecular formula is C37H47BrO4. The van der Waals surface area contributed by atoms with Crippen LogP contribution in [-0.2, 0) is 25.7 Å². The van der Waals surface area contributed by atoms with Gasteiger partial charge in [0, 0.05) is 16.7 Å². The molecule has 1 aromatic carbocycles. The van der Waals surface area contributed by atoms with Crippen LogP contribution < -0.4 is 0 Å². The lowest BCUT2D eigenvalue weighted by Crippen LogP contribution is -2.64. The Balaban J connectivity index is 1.37. The van der Waals surface area contributed by atoms with E-state index in [2.05, 4.69) is 70.5 Å². The zero-order valence-electron chi connectivity index (χ0n) is 26.4. The summed E-state index contributed by atoms with van der Waals surface area (Å²) >= 11 is 3.62. The SMILES string of the molecule is CC1(C)C(=O)C(Br)=C[C@]2(C)C3=CC(=O)[C@@H]4[C@@H]5C[C@@](C)(C(=O)OCc6ccccc6)CC[C@]5(C)CC[C@@]4(C)[C@]3(C)CC[C@@H]12. The van der Waals surface area contributed by atoms with Gasteiger partial charge in [0.05, 0.1) is 9.90 Å². The number of carbonyl (C=O) groups excluding carboxylic acids is 3. The van der Waals surface area contributed by atoms with Crippen LogP contribution in [-0.4, -0.2) is 17.5 Å². The molecule has 5 heteroatoms. The van der Waals surface area contributed by atoms with Crippen LogP contribution in [0, 0.1) is 50.2 Å². The predicted octanol–water partition coefficient (Wildman–Crippen LogP) is 8.78. The van der Waals surface area contributed by atoms with Crippen LogP contribution in [0.2, 0.25) is 0 Å². The molecule has 8 atom stereocenters. The first-order chi connectivity index (χ1) is 19.5. The van der Waals surface area contributed by atoms with Crippen molar-refractivity contribution in [3.63, 3.8) is 0 Å². The van der Waals surface area contributed by atoms with E-state index in [1.807, 2.05) is 36.4 Å². The average molecular weight is 636 g/mol. The minimum Gasteiger partial charge on any atom is -0.460 e. The summed E-state index contributed by atoms with van der Waals surface area (Å²) in [6.45, 7) is 15.9. The van der Waals surface area contributed by atoms with E-state index in [1.165, 1.54) is 5.57 Å². The van der Waals surface area contributed by atoms with E-state index >= 15 is 0 Å². The molecule has 6 rings (SSSR count). The quantitative estimate of drug-likeness (QED) is 0.312. The summed E-state index contributed by atoms with van der Waals surface area (Å²) in [4.78, 5) is 41.4. The average Bonchev–Trinajstić information content (AvgIpc) is 2.93. The Morgan fingerprint density at radius 1 is 0.929 bits per heavy atom. The van der Waals surface area contributed by atoms with Gasteiger partial charge in [0.15, 0.2) is 11.6 Å². The van der Waals surface area contributed by atoms with Crippen molar-refractivity contribution in [1.82, 2.24) is 0 Å². The molecular weight excluding hydrogens is 588 g/mol. The van der Waals surface area contributed by atoms with Gasteiger partial charge in [-0.25, -0.2) is 0 Å². The van der Waals surface area contributed by atoms with E-state index in [9.17, 15) is 14.4 Å². The van der Waals surface area contributed by atoms with Gasteiger partial charge in [-0.15, -0.1) is 0 Å². The van der Waals surface area contributed by atoms with Crippen LogP contribution in [0.25, 0.3) is 0 Å². The third-order valence-corrected chi connectivity index (χ3v) is 14.2. The van der Waals surface area contributed by atoms with Crippen molar-refractivity contribution < 1.29 is 19.1 Å². The van der Waals surface area contributed by atoms with Gasteiger partial charge in [0.1, 0.15) is 6.61 Å². The zero-order valence-corrected chi connectivity index (χ0v) is 28.0. The van der Waals surface area contributed by atoms with Gasteiger partial charge in [-0.3, -0.25) is 14.4 Å². The molecule has 0 unspecified atom stereocenters. The van der Waals surface area contributed by atoms with E-state index in [1.54, 1.807) is 0 Å². The van der Waals surface area contributed by atoms with Crippen molar-refractivity contribution >= 4 is 33.5 Å². The number of fused-ring (bicyclic) bond motifs is 7. The lowest BCUT2D eigenvalue weighted by atomic mass is 9.34. The first-order valence-corrected chi connectivity index (χ1v) is 16.7. The van der Waals surface area contributed by atoms with E-state index in [0.29, 0.717) is 10.9 Å². The number of Topliss-reactive ketones (excluding diaryl/α,β-unsaturated/α-hetero) is 1. The van der Waals surface area contributed by atoms with Crippen molar-refractivity contribution in [2.45, 2.75) is 100 Å². The molecule has 4 nitrogen and oxygen atoms in total. The molecule has 0 saturated heterocycles. The second kappa shape index (κ2) is 9.49. The van der Waals surface area contributed by atoms with E-state index in [0.717, 1.165) is 44.1 Å². The molecule has 1 aromatic rings. The van der Waals surface area contributed by atoms with Gasteiger partial charge >= 0.3 is 5.97 Å². The molecule has 226 valence electrons. The largest absolute Gasteiger partial charge is 0.460 e. The van der Waals surface area contributed by atoms with Crippen molar-refractivity contribution in [2.75, 3.05) is 0 Å². The summed E-state index contributed by atoms with van der Waals surface area (Å²) in [7, 11) is 0. The monoisotopic (exact) mass is 634 g/mol. The lowest BCUT2D eigenvalue weighted by Gasteiger charge is -2.69. The summed E-state index contributed by atoms with van der Waals surface area (Å²) in [5.41, 5.74) is 0.391. The normalized spacial score (nSPS) is 44.0. The summed E-state index contributed by atoms with van der Waals surface area (Å²) in [6.07, 6.45) is 10.6. The van der Waals surface area contributed by atoms with Gasteiger partial charge in [-0.1, -0.05) is 83.5 Å². The molecule has 0 amide bonds. The molecule has 5 aliphatic rings. The van der Waals surface area contributed by atoms with Gasteiger partial charge in [-0.2, -0.15) is 0 Å². The summed E-state index contributed by atoms with van der Waals surface area (Å²) in [5, 5.41) is 0. The molecule has 0 N–H and O–H groups in total. The third-order valence-electron chi connectivity index (χ3n) is 13.6. The minimum absolute atomic E-state index is 0.0318. The number of hydrogen-bond donors (Lipinski definition) is 0. The number of allylic oxidation sites excluding steroid dienone is 4. The summed E-state index contributed by atoms with van der Waals surface area (Å²) < 4.78 is 6.56. The molecule has 0 spiro atoms. The van der Waals surface area contributed by atoms with E-state index in [-0.39, 0.29) is 63.6 Å². The van der Waals surface area contributed by atoms with Crippen molar-refractivity contribution in [3.05, 3.63) is 58.1 Å². The predicted molar refractivity (Wildman–Crippen MR) is 168 cm³/mol. The maximum atomic E-state index is 14.6. The first kappa shape index (κ1) is 30.0. The topological polar surface area (TPSA) is 60.4 Å². The highest BCUT2D eigenvalue weighted by Gasteiger charge is 2.69. The summed E-state index contributed by atoms with van der Waals surface area (Å²) in [6, 6.07) is 9.86. The molecule has 0 radical (unpaired) electrons. The molecule has 3 fully saturated rings. The van der Waals surface area contributed by atoms with E-state index < -0.39 is 10.8 Å². The van der Waals surface area contributed by atoms with Gasteiger partial charge in [0.25, 0.3) is 0 Å². The highest BCUT2D eigenvalue weighted by atomic mass is 79.9. The second-order valence-electron chi connectivity index (χ2n) is 16.2. The Morgan fingerprint density at radius 3 is 2.29 bits per heavy atom. The Kier molecular flexibility index (Phi) is 6.79. The highest BCUT2D eigenvalue weighted by molar-refractivity contribution is 9.12. The van der Waals surface area contributed by atoms with Crippen molar-refractivity contribution in [2.24, 2.45) is 50.2 Å². The lowest BCUT2D eigenvalue weighted by molar-refractivity contribution is -0.181. The number of rotatable bonds is 3. The number of ether oxygens (including phenoxy) is 1. The van der Waals surface area contributed by atoms with Gasteiger partial charge < -0.3 is 4.74 Å². The zero-order chi connectivity index (χ0) is 30.5. The third kappa shape index (κ3) is 4.00. The highest BCUT2D eigenvalue weighted by Crippen LogP contribution is 2.74. The van der Waals surface area contributed by atoms with Crippen LogP contribution in [0.1, 0.15) is 99.0 Å². The molecule has 0 bridgehead atoms. The number of carbonyl (C=O) groups is 3. The number of esters is 1. The maximum absolute atomic E-state index is 14.6. The van der Waals surface area contributed by atoms with Crippen LogP contribution >= 0.6 is 15.9 Å². The fraction of sp³-hybridized carbons (Fsp3) is 0.649. The Labute approximate surface area is 260 Å². The van der Waals surface area contributed by atoms with Gasteiger partial charge in [0.2, 0.25) is 0 Å². The van der Waals surface area contributed by atoms with Crippen molar-refractivity contribution in [3.8, 4) is 0 Å². The Bertz CT molecular complexity index is 1410. The number of ketones is 2. The molecule has 0 aromatic heterocycles. The number of halogens is 1. The first-order valence-electron chi connectivity index (χ1n) is 15.9.